The fraction of sp³-hybridized carbons (Fsp3) is 0.0526. The largest absolute Gasteiger partial charge is 0.0955 e. The van der Waals surface area contributed by atoms with Gasteiger partial charge in [-0.2, -0.15) is 0 Å². The van der Waals surface area contributed by atoms with Gasteiger partial charge in [-0.15, -0.1) is 0 Å². The zero-order chi connectivity index (χ0) is 13.5. The lowest BCUT2D eigenvalue weighted by molar-refractivity contribution is 1.58. The molecule has 3 aromatic rings. The van der Waals surface area contributed by atoms with Crippen molar-refractivity contribution in [3.05, 3.63) is 91.0 Å². The highest BCUT2D eigenvalue weighted by Crippen LogP contribution is 2.11. The van der Waals surface area contributed by atoms with Gasteiger partial charge in [-0.1, -0.05) is 91.0 Å². The van der Waals surface area contributed by atoms with E-state index in [1.807, 2.05) is 25.1 Å². The molecular weight excluding hydrogens is 228 g/mol. The minimum Gasteiger partial charge on any atom is -0.0955 e. The third-order valence-electron chi connectivity index (χ3n) is 2.93. The van der Waals surface area contributed by atoms with Crippen molar-refractivity contribution in [2.45, 2.75) is 6.92 Å². The van der Waals surface area contributed by atoms with E-state index in [1.54, 1.807) is 0 Å². The molecule has 0 fully saturated rings. The summed E-state index contributed by atoms with van der Waals surface area (Å²) < 4.78 is 0. The first kappa shape index (κ1) is 13.1. The van der Waals surface area contributed by atoms with Crippen molar-refractivity contribution >= 4 is 16.3 Å². The quantitative estimate of drug-likeness (QED) is 0.527. The first-order valence-corrected chi connectivity index (χ1v) is 6.42. The molecule has 3 aromatic carbocycles. The zero-order valence-electron chi connectivity index (χ0n) is 11.2. The Hall–Kier alpha value is -2.34. The standard InChI is InChI=1S/C10H8.C9H10/c1-2-6-10-8-4-3-7-9(10)5-1;1-8(2)9-6-4-3-5-7-9/h1-8H;3-7H,1H2,2H3. The summed E-state index contributed by atoms with van der Waals surface area (Å²) >= 11 is 0. The van der Waals surface area contributed by atoms with Gasteiger partial charge in [-0.25, -0.2) is 0 Å². The molecule has 94 valence electrons. The number of hydrogen-bond acceptors (Lipinski definition) is 0. The molecule has 19 heavy (non-hydrogen) atoms. The van der Waals surface area contributed by atoms with Gasteiger partial charge in [0.1, 0.15) is 0 Å². The van der Waals surface area contributed by atoms with Gasteiger partial charge >= 0.3 is 0 Å². The summed E-state index contributed by atoms with van der Waals surface area (Å²) in [5, 5.41) is 2.62. The molecule has 0 saturated carbocycles. The molecule has 0 aliphatic heterocycles. The monoisotopic (exact) mass is 246 g/mol. The van der Waals surface area contributed by atoms with Gasteiger partial charge in [-0.05, 0) is 23.3 Å². The lowest BCUT2D eigenvalue weighted by Crippen LogP contribution is -1.72. The smallest absolute Gasteiger partial charge is 0.0184 e. The number of rotatable bonds is 1. The maximum Gasteiger partial charge on any atom is -0.0184 e. The van der Waals surface area contributed by atoms with Crippen LogP contribution in [-0.2, 0) is 0 Å². The third kappa shape index (κ3) is 3.82. The van der Waals surface area contributed by atoms with E-state index in [4.69, 9.17) is 0 Å². The van der Waals surface area contributed by atoms with Gasteiger partial charge in [0.25, 0.3) is 0 Å². The van der Waals surface area contributed by atoms with Crippen LogP contribution in [0.4, 0.5) is 0 Å². The molecule has 0 unspecified atom stereocenters. The van der Waals surface area contributed by atoms with E-state index >= 15 is 0 Å². The molecule has 0 atom stereocenters. The molecule has 0 radical (unpaired) electrons. The first-order chi connectivity index (χ1) is 9.27. The van der Waals surface area contributed by atoms with E-state index < -0.39 is 0 Å². The Morgan fingerprint density at radius 2 is 1.00 bits per heavy atom. The molecule has 0 spiro atoms. The highest BCUT2D eigenvalue weighted by atomic mass is 13.9. The van der Waals surface area contributed by atoms with Crippen molar-refractivity contribution in [1.29, 1.82) is 0 Å². The SMILES string of the molecule is C=C(C)c1ccccc1.c1ccc2ccccc2c1. The Morgan fingerprint density at radius 1 is 0.632 bits per heavy atom. The van der Waals surface area contributed by atoms with Crippen LogP contribution < -0.4 is 0 Å². The van der Waals surface area contributed by atoms with Crippen LogP contribution in [0.15, 0.2) is 85.4 Å². The summed E-state index contributed by atoms with van der Waals surface area (Å²) in [7, 11) is 0. The number of benzene rings is 3. The third-order valence-corrected chi connectivity index (χ3v) is 2.93. The average Bonchev–Trinajstić information content (AvgIpc) is 2.49. The fourth-order valence-corrected chi connectivity index (χ4v) is 1.86. The minimum atomic E-state index is 1.12. The van der Waals surface area contributed by atoms with Crippen LogP contribution in [0.5, 0.6) is 0 Å². The second-order valence-corrected chi connectivity index (χ2v) is 4.49. The van der Waals surface area contributed by atoms with Crippen LogP contribution in [0, 0.1) is 0 Å². The molecule has 0 nitrogen and oxygen atoms in total. The van der Waals surface area contributed by atoms with E-state index in [2.05, 4.69) is 67.2 Å². The number of allylic oxidation sites excluding steroid dienone is 1. The minimum absolute atomic E-state index is 1.12. The van der Waals surface area contributed by atoms with Crippen molar-refractivity contribution in [3.63, 3.8) is 0 Å². The molecule has 0 heteroatoms. The Kier molecular flexibility index (Phi) is 4.52. The Morgan fingerprint density at radius 3 is 1.32 bits per heavy atom. The van der Waals surface area contributed by atoms with Gasteiger partial charge in [0.15, 0.2) is 0 Å². The molecular formula is C19H18. The zero-order valence-corrected chi connectivity index (χ0v) is 11.2. The van der Waals surface area contributed by atoms with Gasteiger partial charge in [0.2, 0.25) is 0 Å². The molecule has 0 saturated heterocycles. The molecule has 0 aliphatic rings. The highest BCUT2D eigenvalue weighted by Gasteiger charge is 1.86. The lowest BCUT2D eigenvalue weighted by atomic mass is 10.1. The first-order valence-electron chi connectivity index (χ1n) is 6.42. The van der Waals surface area contributed by atoms with Gasteiger partial charge in [-0.3, -0.25) is 0 Å². The summed E-state index contributed by atoms with van der Waals surface area (Å²) in [6.45, 7) is 5.83. The maximum absolute atomic E-state index is 3.83. The van der Waals surface area contributed by atoms with Crippen LogP contribution in [0.3, 0.4) is 0 Å². The summed E-state index contributed by atoms with van der Waals surface area (Å²) in [6, 6.07) is 26.9. The number of fused-ring (bicyclic) bond motifs is 1. The van der Waals surface area contributed by atoms with Crippen molar-refractivity contribution in [3.8, 4) is 0 Å². The van der Waals surface area contributed by atoms with Crippen LogP contribution in [0.1, 0.15) is 12.5 Å². The number of hydrogen-bond donors (Lipinski definition) is 0. The van der Waals surface area contributed by atoms with Crippen LogP contribution in [0.2, 0.25) is 0 Å². The van der Waals surface area contributed by atoms with Crippen molar-refractivity contribution in [2.24, 2.45) is 0 Å². The molecule has 0 bridgehead atoms. The summed E-state index contributed by atoms with van der Waals surface area (Å²) in [5.74, 6) is 0. The molecule has 0 amide bonds. The van der Waals surface area contributed by atoms with E-state index in [0.29, 0.717) is 0 Å². The van der Waals surface area contributed by atoms with E-state index in [9.17, 15) is 0 Å². The van der Waals surface area contributed by atoms with Crippen molar-refractivity contribution in [1.82, 2.24) is 0 Å². The predicted octanol–water partition coefficient (Wildman–Crippen LogP) is 5.56. The summed E-state index contributed by atoms with van der Waals surface area (Å²) in [5.41, 5.74) is 2.34. The average molecular weight is 246 g/mol. The fourth-order valence-electron chi connectivity index (χ4n) is 1.86. The molecule has 3 rings (SSSR count). The second-order valence-electron chi connectivity index (χ2n) is 4.49. The topological polar surface area (TPSA) is 0 Å². The van der Waals surface area contributed by atoms with E-state index in [0.717, 1.165) is 5.57 Å². The van der Waals surface area contributed by atoms with E-state index in [-0.39, 0.29) is 0 Å². The lowest BCUT2D eigenvalue weighted by Gasteiger charge is -1.94. The normalized spacial score (nSPS) is 9.53. The Balaban J connectivity index is 0.000000141. The van der Waals surface area contributed by atoms with Crippen LogP contribution >= 0.6 is 0 Å². The molecule has 0 aliphatic carbocycles. The summed E-state index contributed by atoms with van der Waals surface area (Å²) in [6.07, 6.45) is 0. The van der Waals surface area contributed by atoms with Gasteiger partial charge in [0, 0.05) is 0 Å². The van der Waals surface area contributed by atoms with Crippen LogP contribution in [0.25, 0.3) is 16.3 Å². The molecule has 0 N–H and O–H groups in total. The Labute approximate surface area is 115 Å². The highest BCUT2D eigenvalue weighted by molar-refractivity contribution is 5.82. The molecule has 0 aromatic heterocycles. The molecule has 0 heterocycles. The Bertz CT molecular complexity index is 585. The van der Waals surface area contributed by atoms with Crippen molar-refractivity contribution in [2.75, 3.05) is 0 Å². The van der Waals surface area contributed by atoms with E-state index in [1.165, 1.54) is 16.3 Å². The van der Waals surface area contributed by atoms with Crippen LogP contribution in [-0.4, -0.2) is 0 Å². The van der Waals surface area contributed by atoms with Crippen molar-refractivity contribution < 1.29 is 0 Å². The predicted molar refractivity (Wildman–Crippen MR) is 85.1 cm³/mol. The maximum atomic E-state index is 3.83. The van der Waals surface area contributed by atoms with Gasteiger partial charge < -0.3 is 0 Å². The van der Waals surface area contributed by atoms with Gasteiger partial charge in [0.05, 0.1) is 0 Å². The summed E-state index contributed by atoms with van der Waals surface area (Å²) in [4.78, 5) is 0. The second kappa shape index (κ2) is 6.55.